The third-order valence-corrected chi connectivity index (χ3v) is 2.22. The molecule has 2 rings (SSSR count). The number of rotatable bonds is 3. The molecule has 0 radical (unpaired) electrons. The first-order valence-corrected chi connectivity index (χ1v) is 4.81. The molecule has 0 aliphatic carbocycles. The zero-order chi connectivity index (χ0) is 9.80. The second kappa shape index (κ2) is 4.02. The van der Waals surface area contributed by atoms with Crippen LogP contribution in [-0.4, -0.2) is 0 Å². The summed E-state index contributed by atoms with van der Waals surface area (Å²) >= 11 is 0. The molecule has 0 atom stereocenters. The maximum Gasteiger partial charge on any atom is 0.134 e. The lowest BCUT2D eigenvalue weighted by molar-refractivity contribution is 0.541. The normalized spacial score (nSPS) is 10.2. The lowest BCUT2D eigenvalue weighted by atomic mass is 10.2. The van der Waals surface area contributed by atoms with Crippen molar-refractivity contribution < 1.29 is 4.42 Å². The molecule has 0 fully saturated rings. The maximum absolute atomic E-state index is 5.65. The van der Waals surface area contributed by atoms with E-state index in [9.17, 15) is 0 Å². The summed E-state index contributed by atoms with van der Waals surface area (Å²) in [5, 5.41) is 1.17. The van der Waals surface area contributed by atoms with Gasteiger partial charge in [-0.2, -0.15) is 0 Å². The number of aryl methyl sites for hydroxylation is 1. The Hall–Kier alpha value is -1.68. The van der Waals surface area contributed by atoms with Crippen molar-refractivity contribution in [1.82, 2.24) is 0 Å². The molecule has 0 N–H and O–H groups in total. The minimum Gasteiger partial charge on any atom is -0.461 e. The van der Waals surface area contributed by atoms with Crippen molar-refractivity contribution in [2.75, 3.05) is 0 Å². The maximum atomic E-state index is 5.65. The van der Waals surface area contributed by atoms with Crippen molar-refractivity contribution >= 4 is 11.0 Å². The summed E-state index contributed by atoms with van der Waals surface area (Å²) in [6.07, 6.45) is 7.93. The zero-order valence-corrected chi connectivity index (χ0v) is 7.99. The minimum atomic E-state index is 0.817. The Bertz CT molecular complexity index is 426. The number of hydrogen-bond donors (Lipinski definition) is 0. The summed E-state index contributed by atoms with van der Waals surface area (Å²) in [5.41, 5.74) is 0.961. The minimum absolute atomic E-state index is 0.817. The predicted molar refractivity (Wildman–Crippen MR) is 58.0 cm³/mol. The molecule has 0 saturated carbocycles. The average molecular weight is 184 g/mol. The Morgan fingerprint density at radius 3 is 2.93 bits per heavy atom. The average Bonchev–Trinajstić information content (AvgIpc) is 2.60. The van der Waals surface area contributed by atoms with Gasteiger partial charge in [0, 0.05) is 18.2 Å². The number of unbranched alkanes of at least 4 members (excludes halogenated alkanes) is 1. The molecule has 2 aromatic rings. The van der Waals surface area contributed by atoms with Crippen molar-refractivity contribution in [2.45, 2.75) is 19.3 Å². The summed E-state index contributed by atoms with van der Waals surface area (Å²) in [7, 11) is 0. The number of furan rings is 1. The van der Waals surface area contributed by atoms with E-state index in [1.807, 2.05) is 18.2 Å². The van der Waals surface area contributed by atoms with Gasteiger partial charge >= 0.3 is 0 Å². The smallest absolute Gasteiger partial charge is 0.134 e. The van der Waals surface area contributed by atoms with Crippen LogP contribution >= 0.6 is 0 Å². The van der Waals surface area contributed by atoms with E-state index in [1.165, 1.54) is 5.39 Å². The fourth-order valence-electron chi connectivity index (χ4n) is 1.52. The van der Waals surface area contributed by atoms with Crippen molar-refractivity contribution in [3.63, 3.8) is 0 Å². The van der Waals surface area contributed by atoms with Crippen molar-refractivity contribution in [1.29, 1.82) is 0 Å². The van der Waals surface area contributed by atoms with Crippen molar-refractivity contribution in [3.05, 3.63) is 36.1 Å². The topological polar surface area (TPSA) is 13.1 Å². The molecule has 1 aromatic heterocycles. The van der Waals surface area contributed by atoms with Gasteiger partial charge in [0.25, 0.3) is 0 Å². The zero-order valence-electron chi connectivity index (χ0n) is 7.99. The molecule has 1 heterocycles. The monoisotopic (exact) mass is 184 g/mol. The predicted octanol–water partition coefficient (Wildman–Crippen LogP) is 3.39. The molecule has 0 amide bonds. The van der Waals surface area contributed by atoms with E-state index in [1.54, 1.807) is 0 Å². The van der Waals surface area contributed by atoms with E-state index < -0.39 is 0 Å². The van der Waals surface area contributed by atoms with Crippen LogP contribution in [0.15, 0.2) is 34.7 Å². The first-order chi connectivity index (χ1) is 6.90. The quantitative estimate of drug-likeness (QED) is 0.526. The first-order valence-electron chi connectivity index (χ1n) is 4.81. The van der Waals surface area contributed by atoms with E-state index >= 15 is 0 Å². The Morgan fingerprint density at radius 1 is 1.29 bits per heavy atom. The van der Waals surface area contributed by atoms with Crippen LogP contribution in [0.1, 0.15) is 18.6 Å². The molecule has 0 unspecified atom stereocenters. The van der Waals surface area contributed by atoms with Gasteiger partial charge in [0.05, 0.1) is 0 Å². The van der Waals surface area contributed by atoms with Gasteiger partial charge in [-0.15, -0.1) is 12.3 Å². The van der Waals surface area contributed by atoms with E-state index in [0.29, 0.717) is 0 Å². The molecule has 0 spiro atoms. The van der Waals surface area contributed by atoms with Crippen LogP contribution < -0.4 is 0 Å². The molecule has 0 aliphatic heterocycles. The van der Waals surface area contributed by atoms with Gasteiger partial charge in [0.1, 0.15) is 11.3 Å². The van der Waals surface area contributed by atoms with Crippen molar-refractivity contribution in [2.24, 2.45) is 0 Å². The summed E-state index contributed by atoms with van der Waals surface area (Å²) in [6, 6.07) is 10.1. The Morgan fingerprint density at radius 2 is 2.14 bits per heavy atom. The molecular formula is C13H12O. The lowest BCUT2D eigenvalue weighted by Crippen LogP contribution is -1.79. The molecule has 1 aromatic carbocycles. The van der Waals surface area contributed by atoms with Crippen LogP contribution in [0.25, 0.3) is 11.0 Å². The number of benzene rings is 1. The summed E-state index contributed by atoms with van der Waals surface area (Å²) in [5.74, 6) is 3.66. The third kappa shape index (κ3) is 1.80. The number of hydrogen-bond acceptors (Lipinski definition) is 1. The van der Waals surface area contributed by atoms with Gasteiger partial charge in [0.2, 0.25) is 0 Å². The molecule has 0 aliphatic rings. The highest BCUT2D eigenvalue weighted by Crippen LogP contribution is 2.19. The van der Waals surface area contributed by atoms with E-state index in [4.69, 9.17) is 10.8 Å². The van der Waals surface area contributed by atoms with Gasteiger partial charge in [-0.25, -0.2) is 0 Å². The van der Waals surface area contributed by atoms with Crippen LogP contribution in [0.4, 0.5) is 0 Å². The fourth-order valence-corrected chi connectivity index (χ4v) is 1.52. The largest absolute Gasteiger partial charge is 0.461 e. The number of para-hydroxylation sites is 1. The first kappa shape index (κ1) is 8.90. The lowest BCUT2D eigenvalue weighted by Gasteiger charge is -1.90. The van der Waals surface area contributed by atoms with Crippen molar-refractivity contribution in [3.8, 4) is 12.3 Å². The Kier molecular flexibility index (Phi) is 2.55. The highest BCUT2D eigenvalue weighted by atomic mass is 16.3. The molecule has 0 bridgehead atoms. The van der Waals surface area contributed by atoms with Gasteiger partial charge in [-0.05, 0) is 18.6 Å². The number of fused-ring (bicyclic) bond motifs is 1. The van der Waals surface area contributed by atoms with E-state index in [2.05, 4.69) is 18.1 Å². The molecule has 14 heavy (non-hydrogen) atoms. The second-order valence-electron chi connectivity index (χ2n) is 3.31. The highest BCUT2D eigenvalue weighted by Gasteiger charge is 2.01. The fraction of sp³-hybridized carbons (Fsp3) is 0.231. The van der Waals surface area contributed by atoms with Crippen LogP contribution in [0.2, 0.25) is 0 Å². The summed E-state index contributed by atoms with van der Waals surface area (Å²) < 4.78 is 5.65. The SMILES string of the molecule is C#CCCCc1cc2ccccc2o1. The highest BCUT2D eigenvalue weighted by molar-refractivity contribution is 5.77. The van der Waals surface area contributed by atoms with E-state index in [0.717, 1.165) is 30.6 Å². The molecule has 1 nitrogen and oxygen atoms in total. The van der Waals surface area contributed by atoms with Crippen LogP contribution in [0.5, 0.6) is 0 Å². The van der Waals surface area contributed by atoms with Crippen LogP contribution in [0, 0.1) is 12.3 Å². The summed E-state index contributed by atoms with van der Waals surface area (Å²) in [4.78, 5) is 0. The van der Waals surface area contributed by atoms with Gasteiger partial charge in [-0.3, -0.25) is 0 Å². The molecule has 0 saturated heterocycles. The molecule has 1 heteroatoms. The van der Waals surface area contributed by atoms with Gasteiger partial charge < -0.3 is 4.42 Å². The number of terminal acetylenes is 1. The molecule has 70 valence electrons. The standard InChI is InChI=1S/C13H12O/c1-2-3-4-8-12-10-11-7-5-6-9-13(11)14-12/h1,5-7,9-10H,3-4,8H2. The van der Waals surface area contributed by atoms with Gasteiger partial charge in [0.15, 0.2) is 0 Å². The van der Waals surface area contributed by atoms with E-state index in [-0.39, 0.29) is 0 Å². The third-order valence-electron chi connectivity index (χ3n) is 2.22. The van der Waals surface area contributed by atoms with Crippen LogP contribution in [-0.2, 0) is 6.42 Å². The van der Waals surface area contributed by atoms with Gasteiger partial charge in [-0.1, -0.05) is 18.2 Å². The molecular weight excluding hydrogens is 172 g/mol. The second-order valence-corrected chi connectivity index (χ2v) is 3.31. The Balaban J connectivity index is 2.15. The van der Waals surface area contributed by atoms with Crippen LogP contribution in [0.3, 0.4) is 0 Å². The summed E-state index contributed by atoms with van der Waals surface area (Å²) in [6.45, 7) is 0. The Labute approximate surface area is 83.7 Å².